The Hall–Kier alpha value is -0.490. The molecule has 106 valence electrons. The first-order valence-electron chi connectivity index (χ1n) is 6.48. The third-order valence-corrected chi connectivity index (χ3v) is 3.59. The molecule has 3 nitrogen and oxygen atoms in total. The molecule has 0 spiro atoms. The molecule has 0 atom stereocenters. The van der Waals surface area contributed by atoms with Gasteiger partial charge in [0.2, 0.25) is 0 Å². The summed E-state index contributed by atoms with van der Waals surface area (Å²) in [5.74, 6) is -0.101. The molecular formula is C14H19ClINO2. The summed E-state index contributed by atoms with van der Waals surface area (Å²) in [7, 11) is 0. The largest absolute Gasteiger partial charge is 0.466 e. The fraction of sp³-hybridized carbons (Fsp3) is 0.500. The normalized spacial score (nSPS) is 10.3. The highest BCUT2D eigenvalue weighted by atomic mass is 127. The number of hydrogen-bond donors (Lipinski definition) is 1. The van der Waals surface area contributed by atoms with E-state index in [1.807, 2.05) is 25.1 Å². The Labute approximate surface area is 133 Å². The van der Waals surface area contributed by atoms with Crippen molar-refractivity contribution >= 4 is 45.8 Å². The van der Waals surface area contributed by atoms with E-state index in [4.69, 9.17) is 16.3 Å². The van der Waals surface area contributed by atoms with E-state index in [1.165, 1.54) is 0 Å². The van der Waals surface area contributed by atoms with E-state index in [0.717, 1.165) is 40.1 Å². The highest BCUT2D eigenvalue weighted by Gasteiger charge is 2.02. The van der Waals surface area contributed by atoms with Gasteiger partial charge in [0, 0.05) is 16.5 Å². The zero-order valence-electron chi connectivity index (χ0n) is 11.0. The lowest BCUT2D eigenvalue weighted by atomic mass is 10.2. The van der Waals surface area contributed by atoms with Crippen molar-refractivity contribution in [2.75, 3.05) is 18.5 Å². The average molecular weight is 396 g/mol. The predicted molar refractivity (Wildman–Crippen MR) is 87.8 cm³/mol. The number of esters is 1. The molecule has 0 aliphatic rings. The second-order valence-corrected chi connectivity index (χ2v) is 5.82. The first kappa shape index (κ1) is 16.6. The molecule has 1 rings (SSSR count). The molecule has 0 bridgehead atoms. The number of rotatable bonds is 8. The van der Waals surface area contributed by atoms with Crippen LogP contribution >= 0.6 is 34.2 Å². The second kappa shape index (κ2) is 9.42. The molecule has 0 aliphatic heterocycles. The molecule has 0 heterocycles. The van der Waals surface area contributed by atoms with Gasteiger partial charge in [0.25, 0.3) is 0 Å². The molecule has 0 amide bonds. The molecule has 0 radical (unpaired) electrons. The lowest BCUT2D eigenvalue weighted by Crippen LogP contribution is -2.05. The van der Waals surface area contributed by atoms with Gasteiger partial charge in [-0.3, -0.25) is 4.79 Å². The molecule has 0 saturated heterocycles. The summed E-state index contributed by atoms with van der Waals surface area (Å²) < 4.78 is 6.00. The number of halogens is 2. The summed E-state index contributed by atoms with van der Waals surface area (Å²) in [4.78, 5) is 11.1. The standard InChI is InChI=1S/C14H19ClINO2/c1-2-19-14(18)6-4-3-5-9-17-13-8-7-11(16)10-12(13)15/h7-8,10,17H,2-6,9H2,1H3. The highest BCUT2D eigenvalue weighted by molar-refractivity contribution is 14.1. The number of carbonyl (C=O) groups excluding carboxylic acids is 1. The molecule has 0 saturated carbocycles. The predicted octanol–water partition coefficient (Wildman–Crippen LogP) is 4.48. The van der Waals surface area contributed by atoms with Crippen LogP contribution in [0.1, 0.15) is 32.6 Å². The molecule has 0 aromatic heterocycles. The van der Waals surface area contributed by atoms with Crippen LogP contribution in [0.5, 0.6) is 0 Å². The molecular weight excluding hydrogens is 377 g/mol. The van der Waals surface area contributed by atoms with Gasteiger partial charge in [-0.25, -0.2) is 0 Å². The summed E-state index contributed by atoms with van der Waals surface area (Å²) >= 11 is 8.35. The van der Waals surface area contributed by atoms with E-state index in [2.05, 4.69) is 27.9 Å². The summed E-state index contributed by atoms with van der Waals surface area (Å²) in [5, 5.41) is 4.05. The molecule has 0 unspecified atom stereocenters. The monoisotopic (exact) mass is 395 g/mol. The Morgan fingerprint density at radius 1 is 1.37 bits per heavy atom. The number of nitrogens with one attached hydrogen (secondary N) is 1. The minimum absolute atomic E-state index is 0.101. The maximum Gasteiger partial charge on any atom is 0.305 e. The zero-order valence-corrected chi connectivity index (χ0v) is 14.0. The van der Waals surface area contributed by atoms with Gasteiger partial charge in [-0.05, 0) is 60.6 Å². The van der Waals surface area contributed by atoms with Crippen molar-refractivity contribution in [3.63, 3.8) is 0 Å². The van der Waals surface area contributed by atoms with Crippen molar-refractivity contribution in [3.05, 3.63) is 26.8 Å². The first-order chi connectivity index (χ1) is 9.13. The van der Waals surface area contributed by atoms with Crippen LogP contribution in [-0.2, 0) is 9.53 Å². The van der Waals surface area contributed by atoms with Crippen LogP contribution in [-0.4, -0.2) is 19.1 Å². The third-order valence-electron chi connectivity index (χ3n) is 2.61. The van der Waals surface area contributed by atoms with Crippen LogP contribution < -0.4 is 5.32 Å². The van der Waals surface area contributed by atoms with Crippen LogP contribution in [0.15, 0.2) is 18.2 Å². The Morgan fingerprint density at radius 2 is 2.16 bits per heavy atom. The molecule has 1 aromatic carbocycles. The number of unbranched alkanes of at least 4 members (excludes halogenated alkanes) is 2. The Morgan fingerprint density at radius 3 is 2.84 bits per heavy atom. The first-order valence-corrected chi connectivity index (χ1v) is 7.93. The number of carbonyl (C=O) groups is 1. The van der Waals surface area contributed by atoms with E-state index in [0.29, 0.717) is 13.0 Å². The van der Waals surface area contributed by atoms with Crippen molar-refractivity contribution in [1.29, 1.82) is 0 Å². The fourth-order valence-electron chi connectivity index (χ4n) is 1.66. The topological polar surface area (TPSA) is 38.3 Å². The van der Waals surface area contributed by atoms with Crippen LogP contribution in [0.4, 0.5) is 5.69 Å². The molecule has 0 aliphatic carbocycles. The summed E-state index contributed by atoms with van der Waals surface area (Å²) in [6, 6.07) is 5.95. The lowest BCUT2D eigenvalue weighted by Gasteiger charge is -2.08. The Bertz CT molecular complexity index is 412. The zero-order chi connectivity index (χ0) is 14.1. The van der Waals surface area contributed by atoms with Crippen LogP contribution in [0.2, 0.25) is 5.02 Å². The van der Waals surface area contributed by atoms with Gasteiger partial charge in [0.05, 0.1) is 17.3 Å². The van der Waals surface area contributed by atoms with Gasteiger partial charge in [-0.15, -0.1) is 0 Å². The third kappa shape index (κ3) is 7.01. The van der Waals surface area contributed by atoms with Crippen LogP contribution in [0.3, 0.4) is 0 Å². The average Bonchev–Trinajstić information content (AvgIpc) is 2.36. The summed E-state index contributed by atoms with van der Waals surface area (Å²) in [5.41, 5.74) is 0.965. The number of benzene rings is 1. The maximum atomic E-state index is 11.1. The number of hydrogen-bond acceptors (Lipinski definition) is 3. The lowest BCUT2D eigenvalue weighted by molar-refractivity contribution is -0.143. The highest BCUT2D eigenvalue weighted by Crippen LogP contribution is 2.23. The Balaban J connectivity index is 2.12. The van der Waals surface area contributed by atoms with Gasteiger partial charge in [0.15, 0.2) is 0 Å². The van der Waals surface area contributed by atoms with E-state index >= 15 is 0 Å². The van der Waals surface area contributed by atoms with Crippen molar-refractivity contribution in [2.24, 2.45) is 0 Å². The number of anilines is 1. The summed E-state index contributed by atoms with van der Waals surface area (Å²) in [6.45, 7) is 3.15. The number of ether oxygens (including phenoxy) is 1. The van der Waals surface area contributed by atoms with E-state index in [1.54, 1.807) is 0 Å². The van der Waals surface area contributed by atoms with Crippen molar-refractivity contribution in [2.45, 2.75) is 32.6 Å². The van der Waals surface area contributed by atoms with Gasteiger partial charge < -0.3 is 10.1 Å². The van der Waals surface area contributed by atoms with Crippen LogP contribution in [0, 0.1) is 3.57 Å². The van der Waals surface area contributed by atoms with E-state index in [-0.39, 0.29) is 5.97 Å². The van der Waals surface area contributed by atoms with Crippen molar-refractivity contribution in [3.8, 4) is 0 Å². The molecule has 5 heteroatoms. The van der Waals surface area contributed by atoms with Gasteiger partial charge in [-0.2, -0.15) is 0 Å². The SMILES string of the molecule is CCOC(=O)CCCCCNc1ccc(I)cc1Cl. The molecule has 19 heavy (non-hydrogen) atoms. The maximum absolute atomic E-state index is 11.1. The van der Waals surface area contributed by atoms with Crippen LogP contribution in [0.25, 0.3) is 0 Å². The van der Waals surface area contributed by atoms with E-state index in [9.17, 15) is 4.79 Å². The van der Waals surface area contributed by atoms with Gasteiger partial charge in [0.1, 0.15) is 0 Å². The van der Waals surface area contributed by atoms with E-state index < -0.39 is 0 Å². The molecule has 1 aromatic rings. The second-order valence-electron chi connectivity index (χ2n) is 4.17. The van der Waals surface area contributed by atoms with Crippen molar-refractivity contribution < 1.29 is 9.53 Å². The minimum atomic E-state index is -0.101. The quantitative estimate of drug-likeness (QED) is 0.401. The molecule has 1 N–H and O–H groups in total. The fourth-order valence-corrected chi connectivity index (χ4v) is 2.58. The minimum Gasteiger partial charge on any atom is -0.466 e. The van der Waals surface area contributed by atoms with Gasteiger partial charge >= 0.3 is 5.97 Å². The Kier molecular flexibility index (Phi) is 8.21. The van der Waals surface area contributed by atoms with Crippen molar-refractivity contribution in [1.82, 2.24) is 0 Å². The van der Waals surface area contributed by atoms with Gasteiger partial charge in [-0.1, -0.05) is 18.0 Å². The molecule has 0 fully saturated rings. The summed E-state index contributed by atoms with van der Waals surface area (Å²) in [6.07, 6.45) is 3.41. The smallest absolute Gasteiger partial charge is 0.305 e.